The van der Waals surface area contributed by atoms with Crippen molar-refractivity contribution in [2.24, 2.45) is 0 Å². The number of nitrogens with zero attached hydrogens (tertiary/aromatic N) is 2. The van der Waals surface area contributed by atoms with Crippen LogP contribution in [0.5, 0.6) is 0 Å². The molecule has 4 nitrogen and oxygen atoms in total. The molecule has 0 radical (unpaired) electrons. The Morgan fingerprint density at radius 2 is 1.84 bits per heavy atom. The van der Waals surface area contributed by atoms with Gasteiger partial charge in [-0.1, -0.05) is 6.58 Å². The summed E-state index contributed by atoms with van der Waals surface area (Å²) in [4.78, 5) is 0. The minimum atomic E-state index is -5.01. The van der Waals surface area contributed by atoms with Crippen LogP contribution in [0.1, 0.15) is 0 Å². The average molecular weight is 314 g/mol. The Morgan fingerprint density at radius 1 is 1.32 bits per heavy atom. The summed E-state index contributed by atoms with van der Waals surface area (Å²) in [6.45, 7) is 2.92. The van der Waals surface area contributed by atoms with Crippen LogP contribution in [0, 0.1) is 22.7 Å². The monoisotopic (exact) mass is 314 g/mol. The van der Waals surface area contributed by atoms with Gasteiger partial charge in [0.2, 0.25) is 0 Å². The van der Waals surface area contributed by atoms with Gasteiger partial charge in [-0.3, -0.25) is 0 Å². The first-order valence-electron chi connectivity index (χ1n) is 4.39. The van der Waals surface area contributed by atoms with Gasteiger partial charge in [-0.15, -0.1) is 0 Å². The fourth-order valence-electron chi connectivity index (χ4n) is 1.48. The maximum absolute atomic E-state index is 12.8. The Labute approximate surface area is 150 Å². The van der Waals surface area contributed by atoms with E-state index < -0.39 is 38.0 Å². The van der Waals surface area contributed by atoms with Gasteiger partial charge >= 0.3 is 57.6 Å². The molecule has 0 aromatic rings. The van der Waals surface area contributed by atoms with Crippen molar-refractivity contribution in [3.05, 3.63) is 34.8 Å². The summed E-state index contributed by atoms with van der Waals surface area (Å²) in [5.74, 6) is 0. The first kappa shape index (κ1) is 18.6. The van der Waals surface area contributed by atoms with Crippen LogP contribution in [-0.4, -0.2) is 71.2 Å². The first-order valence-corrected chi connectivity index (χ1v) is 6.00. The third kappa shape index (κ3) is 3.57. The third-order valence-electron chi connectivity index (χ3n) is 2.27. The molecule has 19 heavy (non-hydrogen) atoms. The van der Waals surface area contributed by atoms with Crippen LogP contribution in [0.25, 0.3) is 0 Å². The van der Waals surface area contributed by atoms with Gasteiger partial charge < -0.3 is 0 Å². The van der Waals surface area contributed by atoms with Crippen molar-refractivity contribution < 1.29 is 21.6 Å². The Hall–Kier alpha value is -0.424. The molecule has 0 N–H and O–H groups in total. The maximum atomic E-state index is 12.8. The summed E-state index contributed by atoms with van der Waals surface area (Å²) < 4.78 is 61.3. The zero-order valence-electron chi connectivity index (χ0n) is 8.69. The number of nitriles is 2. The van der Waals surface area contributed by atoms with Gasteiger partial charge in [0.15, 0.2) is 9.84 Å². The van der Waals surface area contributed by atoms with Gasteiger partial charge in [-0.25, -0.2) is 8.42 Å². The molecule has 9 heteroatoms. The molecule has 96 valence electrons. The van der Waals surface area contributed by atoms with Gasteiger partial charge in [-0.05, 0) is 6.08 Å². The molecule has 1 aliphatic rings. The third-order valence-corrected chi connectivity index (χ3v) is 3.81. The standard InChI is InChI=1S/C10H5F3N2O2S.K.H/c1-2-18(16,17)8-3-6(4-14)7(5-15)9(8)10(11,12)13;;/h2-3,8H,1H2;;. The molecular formula is C10H6F3KN2O2S. The molecule has 0 bridgehead atoms. The molecule has 0 fully saturated rings. The molecule has 0 aromatic heterocycles. The van der Waals surface area contributed by atoms with Crippen molar-refractivity contribution in [1.82, 2.24) is 0 Å². The fourth-order valence-corrected chi connectivity index (χ4v) is 2.60. The Morgan fingerprint density at radius 3 is 2.16 bits per heavy atom. The van der Waals surface area contributed by atoms with Crippen molar-refractivity contribution in [3.8, 4) is 12.1 Å². The predicted octanol–water partition coefficient (Wildman–Crippen LogP) is 1.11. The van der Waals surface area contributed by atoms with E-state index in [1.165, 1.54) is 12.1 Å². The van der Waals surface area contributed by atoms with Crippen LogP contribution in [0.3, 0.4) is 0 Å². The molecule has 0 amide bonds. The van der Waals surface area contributed by atoms with E-state index in [0.29, 0.717) is 11.5 Å². The molecule has 1 atom stereocenters. The summed E-state index contributed by atoms with van der Waals surface area (Å²) in [5.41, 5.74) is -3.10. The Balaban J connectivity index is 0.00000324. The average Bonchev–Trinajstić information content (AvgIpc) is 2.67. The Bertz CT molecular complexity index is 648. The summed E-state index contributed by atoms with van der Waals surface area (Å²) in [6, 6.07) is 2.59. The molecule has 0 aliphatic heterocycles. The number of hydrogen-bond donors (Lipinski definition) is 0. The summed E-state index contributed by atoms with van der Waals surface area (Å²) in [5, 5.41) is 15.5. The van der Waals surface area contributed by atoms with Gasteiger partial charge in [0.1, 0.15) is 17.4 Å². The fraction of sp³-hybridized carbons (Fsp3) is 0.200. The van der Waals surface area contributed by atoms with Gasteiger partial charge in [0, 0.05) is 5.41 Å². The minimum absolute atomic E-state index is 0. The summed E-state index contributed by atoms with van der Waals surface area (Å²) >= 11 is 0. The van der Waals surface area contributed by atoms with Crippen molar-refractivity contribution >= 4 is 61.2 Å². The zero-order chi connectivity index (χ0) is 14.1. The summed E-state index contributed by atoms with van der Waals surface area (Å²) in [6.07, 6.45) is -4.40. The molecule has 1 aliphatic carbocycles. The van der Waals surface area contributed by atoms with Crippen LogP contribution in [0.2, 0.25) is 0 Å². The van der Waals surface area contributed by atoms with E-state index in [1.807, 2.05) is 0 Å². The van der Waals surface area contributed by atoms with Crippen molar-refractivity contribution in [2.45, 2.75) is 11.4 Å². The molecule has 0 saturated heterocycles. The SMILES string of the molecule is C=CS(=O)(=O)C1C=C(C#N)C(C#N)=C1C(F)(F)F.[KH]. The van der Waals surface area contributed by atoms with E-state index in [4.69, 9.17) is 10.5 Å². The predicted molar refractivity (Wildman–Crippen MR) is 62.4 cm³/mol. The number of allylic oxidation sites excluding steroid dienone is 2. The molecular weight excluding hydrogens is 308 g/mol. The molecule has 0 aromatic carbocycles. The molecule has 0 spiro atoms. The van der Waals surface area contributed by atoms with Crippen LogP contribution in [-0.2, 0) is 9.84 Å². The first-order chi connectivity index (χ1) is 8.19. The second-order valence-electron chi connectivity index (χ2n) is 3.27. The molecule has 1 rings (SSSR count). The van der Waals surface area contributed by atoms with Gasteiger partial charge in [0.05, 0.1) is 16.7 Å². The van der Waals surface area contributed by atoms with Gasteiger partial charge in [-0.2, -0.15) is 23.7 Å². The van der Waals surface area contributed by atoms with Crippen molar-refractivity contribution in [2.75, 3.05) is 0 Å². The zero-order valence-corrected chi connectivity index (χ0v) is 9.51. The number of hydrogen-bond acceptors (Lipinski definition) is 4. The molecule has 1 unspecified atom stereocenters. The van der Waals surface area contributed by atoms with Crippen molar-refractivity contribution in [3.63, 3.8) is 0 Å². The van der Waals surface area contributed by atoms with Crippen LogP contribution in [0.15, 0.2) is 34.8 Å². The van der Waals surface area contributed by atoms with Gasteiger partial charge in [0.25, 0.3) is 0 Å². The van der Waals surface area contributed by atoms with Crippen LogP contribution >= 0.6 is 0 Å². The van der Waals surface area contributed by atoms with Crippen LogP contribution < -0.4 is 0 Å². The van der Waals surface area contributed by atoms with Crippen molar-refractivity contribution in [1.29, 1.82) is 10.5 Å². The molecule has 0 saturated carbocycles. The topological polar surface area (TPSA) is 81.7 Å². The van der Waals surface area contributed by atoms with E-state index in [0.717, 1.165) is 0 Å². The quantitative estimate of drug-likeness (QED) is 0.715. The van der Waals surface area contributed by atoms with E-state index in [9.17, 15) is 21.6 Å². The Kier molecular flexibility index (Phi) is 6.21. The van der Waals surface area contributed by atoms with E-state index in [2.05, 4.69) is 6.58 Å². The normalized spacial score (nSPS) is 19.0. The summed E-state index contributed by atoms with van der Waals surface area (Å²) in [7, 11) is -4.31. The number of sulfone groups is 1. The van der Waals surface area contributed by atoms with E-state index >= 15 is 0 Å². The number of rotatable bonds is 2. The van der Waals surface area contributed by atoms with E-state index in [1.54, 1.807) is 0 Å². The number of halogens is 3. The second-order valence-corrected chi connectivity index (χ2v) is 5.29. The van der Waals surface area contributed by atoms with Crippen LogP contribution in [0.4, 0.5) is 13.2 Å². The molecule has 0 heterocycles. The van der Waals surface area contributed by atoms with E-state index in [-0.39, 0.29) is 51.4 Å². The number of alkyl halides is 3. The second kappa shape index (κ2) is 6.35.